The molecule has 3 aliphatic rings. The van der Waals surface area contributed by atoms with Gasteiger partial charge in [-0.1, -0.05) is 0 Å². The maximum atomic E-state index is 12.9. The molecule has 1 aromatic rings. The summed E-state index contributed by atoms with van der Waals surface area (Å²) >= 11 is 0. The smallest absolute Gasteiger partial charge is 0.291 e. The minimum atomic E-state index is -2.63. The number of carbonyl (C=O) groups excluding carboxylic acids is 2. The summed E-state index contributed by atoms with van der Waals surface area (Å²) in [4.78, 5) is 26.2. The molecule has 0 unspecified atom stereocenters. The number of carbonyl (C=O) groups is 2. The van der Waals surface area contributed by atoms with Gasteiger partial charge < -0.3 is 18.9 Å². The lowest BCUT2D eigenvalue weighted by Crippen LogP contribution is -2.56. The van der Waals surface area contributed by atoms with Crippen LogP contribution in [0.1, 0.15) is 25.7 Å². The summed E-state index contributed by atoms with van der Waals surface area (Å²) < 4.78 is 32.6. The SMILES string of the molecule is O=C(COc1ccon1)N=S1(=O)CCC2(CC1)CN(C(=O)C1CC1)CCO2. The highest BCUT2D eigenvalue weighted by Crippen LogP contribution is 2.36. The van der Waals surface area contributed by atoms with Crippen molar-refractivity contribution in [1.29, 1.82) is 0 Å². The van der Waals surface area contributed by atoms with E-state index in [9.17, 15) is 13.8 Å². The average Bonchev–Trinajstić information content (AvgIpc) is 3.38. The van der Waals surface area contributed by atoms with Crippen LogP contribution in [0.5, 0.6) is 5.88 Å². The molecule has 9 nitrogen and oxygen atoms in total. The number of amides is 2. The van der Waals surface area contributed by atoms with Crippen LogP contribution >= 0.6 is 0 Å². The molecule has 1 spiro atoms. The third kappa shape index (κ3) is 4.32. The lowest BCUT2D eigenvalue weighted by atomic mass is 9.94. The highest BCUT2D eigenvalue weighted by atomic mass is 32.2. The summed E-state index contributed by atoms with van der Waals surface area (Å²) in [7, 11) is -2.63. The number of nitrogens with zero attached hydrogens (tertiary/aromatic N) is 3. The van der Waals surface area contributed by atoms with Crippen LogP contribution in [-0.2, 0) is 24.1 Å². The highest BCUT2D eigenvalue weighted by Gasteiger charge is 2.44. The van der Waals surface area contributed by atoms with Crippen molar-refractivity contribution < 1.29 is 27.8 Å². The topological polar surface area (TPSA) is 111 Å². The van der Waals surface area contributed by atoms with E-state index in [0.29, 0.717) is 32.5 Å². The van der Waals surface area contributed by atoms with E-state index in [1.807, 2.05) is 4.90 Å². The molecular formula is C17H23N3O6S. The van der Waals surface area contributed by atoms with Crippen LogP contribution in [0.2, 0.25) is 0 Å². The van der Waals surface area contributed by atoms with Gasteiger partial charge in [0.15, 0.2) is 6.61 Å². The molecule has 10 heteroatoms. The molecule has 2 saturated heterocycles. The van der Waals surface area contributed by atoms with Crippen LogP contribution in [-0.4, -0.2) is 69.5 Å². The average molecular weight is 397 g/mol. The first-order valence-corrected chi connectivity index (χ1v) is 11.0. The zero-order valence-electron chi connectivity index (χ0n) is 15.0. The maximum Gasteiger partial charge on any atom is 0.291 e. The van der Waals surface area contributed by atoms with Crippen LogP contribution < -0.4 is 4.74 Å². The lowest BCUT2D eigenvalue weighted by molar-refractivity contribution is -0.153. The molecule has 27 heavy (non-hydrogen) atoms. The Morgan fingerprint density at radius 2 is 2.15 bits per heavy atom. The fraction of sp³-hybridized carbons (Fsp3) is 0.706. The van der Waals surface area contributed by atoms with Gasteiger partial charge in [-0.15, -0.1) is 0 Å². The second-order valence-electron chi connectivity index (χ2n) is 7.36. The van der Waals surface area contributed by atoms with Crippen LogP contribution in [0.3, 0.4) is 0 Å². The van der Waals surface area contributed by atoms with Crippen LogP contribution in [0, 0.1) is 5.92 Å². The molecule has 148 valence electrons. The van der Waals surface area contributed by atoms with Crippen molar-refractivity contribution in [2.75, 3.05) is 37.8 Å². The normalized spacial score (nSPS) is 30.9. The molecule has 0 N–H and O–H groups in total. The van der Waals surface area contributed by atoms with Gasteiger partial charge in [-0.25, -0.2) is 4.21 Å². The minimum Gasteiger partial charge on any atom is -0.465 e. The molecule has 3 fully saturated rings. The molecule has 4 rings (SSSR count). The Balaban J connectivity index is 1.34. The second-order valence-corrected chi connectivity index (χ2v) is 9.90. The van der Waals surface area contributed by atoms with Crippen molar-refractivity contribution in [3.63, 3.8) is 0 Å². The van der Waals surface area contributed by atoms with Gasteiger partial charge in [0.25, 0.3) is 11.8 Å². The molecule has 1 aliphatic carbocycles. The van der Waals surface area contributed by atoms with Crippen LogP contribution in [0.4, 0.5) is 0 Å². The van der Waals surface area contributed by atoms with Gasteiger partial charge in [0.2, 0.25) is 5.91 Å². The first-order valence-electron chi connectivity index (χ1n) is 9.18. The van der Waals surface area contributed by atoms with Gasteiger partial charge in [0.1, 0.15) is 6.26 Å². The predicted molar refractivity (Wildman–Crippen MR) is 94.5 cm³/mol. The van der Waals surface area contributed by atoms with E-state index in [1.54, 1.807) is 0 Å². The molecular weight excluding hydrogens is 374 g/mol. The number of morpholine rings is 1. The van der Waals surface area contributed by atoms with Crippen molar-refractivity contribution >= 4 is 21.5 Å². The summed E-state index contributed by atoms with van der Waals surface area (Å²) in [5.41, 5.74) is -0.459. The molecule has 0 bridgehead atoms. The molecule has 0 aromatic carbocycles. The van der Waals surface area contributed by atoms with E-state index in [4.69, 9.17) is 9.47 Å². The van der Waals surface area contributed by atoms with Gasteiger partial charge in [0.05, 0.1) is 21.9 Å². The predicted octanol–water partition coefficient (Wildman–Crippen LogP) is 0.849. The zero-order valence-corrected chi connectivity index (χ0v) is 15.8. The van der Waals surface area contributed by atoms with Crippen molar-refractivity contribution in [3.8, 4) is 5.88 Å². The Bertz CT molecular complexity index is 812. The highest BCUT2D eigenvalue weighted by molar-refractivity contribution is 7.93. The fourth-order valence-electron chi connectivity index (χ4n) is 3.56. The van der Waals surface area contributed by atoms with Gasteiger partial charge in [-0.05, 0) is 30.8 Å². The molecule has 2 aliphatic heterocycles. The zero-order chi connectivity index (χ0) is 18.9. The molecule has 3 heterocycles. The Morgan fingerprint density at radius 1 is 1.37 bits per heavy atom. The monoisotopic (exact) mass is 397 g/mol. The molecule has 2 amide bonds. The third-order valence-corrected chi connectivity index (χ3v) is 7.49. The summed E-state index contributed by atoms with van der Waals surface area (Å²) in [5.74, 6) is 0.586. The number of hydrogen-bond donors (Lipinski definition) is 0. The molecule has 1 aromatic heterocycles. The Labute approximate surface area is 157 Å². The fourth-order valence-corrected chi connectivity index (χ4v) is 5.75. The minimum absolute atomic E-state index is 0.185. The summed E-state index contributed by atoms with van der Waals surface area (Å²) in [6, 6.07) is 1.48. The van der Waals surface area contributed by atoms with Crippen LogP contribution in [0.15, 0.2) is 21.2 Å². The van der Waals surface area contributed by atoms with Crippen LogP contribution in [0.25, 0.3) is 0 Å². The number of hydrogen-bond acceptors (Lipinski definition) is 7. The quantitative estimate of drug-likeness (QED) is 0.740. The summed E-state index contributed by atoms with van der Waals surface area (Å²) in [5, 5.41) is 3.54. The van der Waals surface area contributed by atoms with E-state index in [-0.39, 0.29) is 35.8 Å². The van der Waals surface area contributed by atoms with E-state index in [1.165, 1.54) is 12.3 Å². The maximum absolute atomic E-state index is 12.9. The number of rotatable bonds is 4. The molecule has 0 atom stereocenters. The van der Waals surface area contributed by atoms with Crippen molar-refractivity contribution in [1.82, 2.24) is 10.1 Å². The molecule has 0 radical (unpaired) electrons. The van der Waals surface area contributed by atoms with Gasteiger partial charge in [0, 0.05) is 36.6 Å². The largest absolute Gasteiger partial charge is 0.465 e. The van der Waals surface area contributed by atoms with E-state index < -0.39 is 21.2 Å². The third-order valence-electron chi connectivity index (χ3n) is 5.27. The first kappa shape index (κ1) is 18.4. The molecule has 1 saturated carbocycles. The Morgan fingerprint density at radius 3 is 2.81 bits per heavy atom. The van der Waals surface area contributed by atoms with Gasteiger partial charge in [-0.3, -0.25) is 9.59 Å². The van der Waals surface area contributed by atoms with E-state index in [0.717, 1.165) is 12.8 Å². The van der Waals surface area contributed by atoms with Crippen molar-refractivity contribution in [3.05, 3.63) is 12.3 Å². The second kappa shape index (κ2) is 7.23. The first-order chi connectivity index (χ1) is 13.0. The standard InChI is InChI=1S/C17H23N3O6S/c21-14(11-24-15-3-7-26-18-15)19-27(23)9-4-17(5-10-27)12-20(6-8-25-17)16(22)13-1-2-13/h3,7,13H,1-2,4-6,8-12H2. The number of aromatic nitrogens is 1. The lowest BCUT2D eigenvalue weighted by Gasteiger charge is -2.45. The van der Waals surface area contributed by atoms with Crippen molar-refractivity contribution in [2.24, 2.45) is 10.3 Å². The van der Waals surface area contributed by atoms with Crippen molar-refractivity contribution in [2.45, 2.75) is 31.3 Å². The Hall–Kier alpha value is -1.94. The summed E-state index contributed by atoms with van der Waals surface area (Å²) in [6.07, 6.45) is 4.35. The van der Waals surface area contributed by atoms with E-state index in [2.05, 4.69) is 14.0 Å². The Kier molecular flexibility index (Phi) is 4.94. The van der Waals surface area contributed by atoms with Gasteiger partial charge in [-0.2, -0.15) is 4.36 Å². The van der Waals surface area contributed by atoms with E-state index >= 15 is 0 Å². The van der Waals surface area contributed by atoms with Gasteiger partial charge >= 0.3 is 0 Å². The number of ether oxygens (including phenoxy) is 2. The summed E-state index contributed by atoms with van der Waals surface area (Å²) in [6.45, 7) is 1.34.